The van der Waals surface area contributed by atoms with Crippen LogP contribution in [0.25, 0.3) is 0 Å². The zero-order valence-electron chi connectivity index (χ0n) is 13.6. The SMILES string of the molecule is CCN(C(=O)CCC(=O)O)C1C2CCC(C2)C1c1ccccc1. The number of amides is 1. The van der Waals surface area contributed by atoms with Crippen molar-refractivity contribution in [2.45, 2.75) is 51.0 Å². The zero-order valence-corrected chi connectivity index (χ0v) is 13.6. The van der Waals surface area contributed by atoms with Gasteiger partial charge in [-0.1, -0.05) is 30.3 Å². The molecule has 23 heavy (non-hydrogen) atoms. The Balaban J connectivity index is 1.82. The number of carboxylic acids is 1. The van der Waals surface area contributed by atoms with Crippen LogP contribution >= 0.6 is 0 Å². The Labute approximate surface area is 137 Å². The summed E-state index contributed by atoms with van der Waals surface area (Å²) in [4.78, 5) is 25.3. The molecule has 1 amide bonds. The fraction of sp³-hybridized carbons (Fsp3) is 0.579. The first-order chi connectivity index (χ1) is 11.1. The third-order valence-corrected chi connectivity index (χ3v) is 5.63. The highest BCUT2D eigenvalue weighted by atomic mass is 16.4. The monoisotopic (exact) mass is 315 g/mol. The van der Waals surface area contributed by atoms with E-state index in [-0.39, 0.29) is 24.8 Å². The molecule has 1 aromatic carbocycles. The molecule has 0 spiro atoms. The van der Waals surface area contributed by atoms with Crippen LogP contribution in [0.15, 0.2) is 30.3 Å². The van der Waals surface area contributed by atoms with E-state index in [4.69, 9.17) is 5.11 Å². The maximum absolute atomic E-state index is 12.6. The molecule has 0 heterocycles. The summed E-state index contributed by atoms with van der Waals surface area (Å²) in [6.07, 6.45) is 3.68. The minimum Gasteiger partial charge on any atom is -0.481 e. The van der Waals surface area contributed by atoms with Crippen molar-refractivity contribution in [1.29, 1.82) is 0 Å². The number of nitrogens with zero attached hydrogens (tertiary/aromatic N) is 1. The van der Waals surface area contributed by atoms with Crippen LogP contribution < -0.4 is 0 Å². The molecule has 2 bridgehead atoms. The molecule has 0 aromatic heterocycles. The Morgan fingerprint density at radius 2 is 1.83 bits per heavy atom. The summed E-state index contributed by atoms with van der Waals surface area (Å²) < 4.78 is 0. The van der Waals surface area contributed by atoms with Crippen molar-refractivity contribution in [2.75, 3.05) is 6.54 Å². The lowest BCUT2D eigenvalue weighted by molar-refractivity contribution is -0.142. The van der Waals surface area contributed by atoms with E-state index >= 15 is 0 Å². The molecular weight excluding hydrogens is 290 g/mol. The van der Waals surface area contributed by atoms with Gasteiger partial charge < -0.3 is 10.0 Å². The second-order valence-electron chi connectivity index (χ2n) is 6.83. The Morgan fingerprint density at radius 1 is 1.13 bits per heavy atom. The topological polar surface area (TPSA) is 57.6 Å². The molecule has 0 radical (unpaired) electrons. The van der Waals surface area contributed by atoms with E-state index in [9.17, 15) is 9.59 Å². The molecule has 0 saturated heterocycles. The molecule has 4 unspecified atom stereocenters. The Hall–Kier alpha value is -1.84. The number of carboxylic acid groups (broad SMARTS) is 1. The largest absolute Gasteiger partial charge is 0.481 e. The quantitative estimate of drug-likeness (QED) is 0.876. The number of hydrogen-bond acceptors (Lipinski definition) is 2. The molecule has 4 atom stereocenters. The summed E-state index contributed by atoms with van der Waals surface area (Å²) in [7, 11) is 0. The average Bonchev–Trinajstić information content (AvgIpc) is 3.16. The van der Waals surface area contributed by atoms with Gasteiger partial charge in [-0.15, -0.1) is 0 Å². The Bertz CT molecular complexity index is 571. The van der Waals surface area contributed by atoms with Crippen LogP contribution in [0, 0.1) is 11.8 Å². The number of carbonyl (C=O) groups is 2. The van der Waals surface area contributed by atoms with Gasteiger partial charge in [-0.05, 0) is 43.6 Å². The van der Waals surface area contributed by atoms with Crippen molar-refractivity contribution < 1.29 is 14.7 Å². The van der Waals surface area contributed by atoms with Crippen LogP contribution in [0.1, 0.15) is 50.5 Å². The average molecular weight is 315 g/mol. The summed E-state index contributed by atoms with van der Waals surface area (Å²) >= 11 is 0. The molecule has 3 rings (SSSR count). The molecule has 2 aliphatic rings. The van der Waals surface area contributed by atoms with Gasteiger partial charge in [-0.25, -0.2) is 0 Å². The summed E-state index contributed by atoms with van der Waals surface area (Å²) in [6, 6.07) is 10.8. The molecular formula is C19H25NO3. The van der Waals surface area contributed by atoms with Crippen LogP contribution in [-0.4, -0.2) is 34.5 Å². The van der Waals surface area contributed by atoms with E-state index in [1.165, 1.54) is 24.8 Å². The maximum atomic E-state index is 12.6. The zero-order chi connectivity index (χ0) is 16.4. The van der Waals surface area contributed by atoms with Gasteiger partial charge in [0.2, 0.25) is 5.91 Å². The van der Waals surface area contributed by atoms with Crippen molar-refractivity contribution in [1.82, 2.24) is 4.90 Å². The standard InChI is InChI=1S/C19H25NO3/c1-2-20(16(21)10-11-17(22)23)19-15-9-8-14(12-15)18(19)13-6-4-3-5-7-13/h3-7,14-15,18-19H,2,8-12H2,1H3,(H,22,23). The summed E-state index contributed by atoms with van der Waals surface area (Å²) in [5.41, 5.74) is 1.33. The lowest BCUT2D eigenvalue weighted by atomic mass is 9.79. The third-order valence-electron chi connectivity index (χ3n) is 5.63. The van der Waals surface area contributed by atoms with E-state index < -0.39 is 5.97 Å². The van der Waals surface area contributed by atoms with Crippen molar-refractivity contribution >= 4 is 11.9 Å². The van der Waals surface area contributed by atoms with Gasteiger partial charge in [0, 0.05) is 24.9 Å². The first-order valence-corrected chi connectivity index (χ1v) is 8.68. The number of benzene rings is 1. The van der Waals surface area contributed by atoms with Crippen molar-refractivity contribution in [3.8, 4) is 0 Å². The van der Waals surface area contributed by atoms with Crippen molar-refractivity contribution in [2.24, 2.45) is 11.8 Å². The maximum Gasteiger partial charge on any atom is 0.303 e. The molecule has 2 fully saturated rings. The smallest absolute Gasteiger partial charge is 0.303 e. The first kappa shape index (κ1) is 16.0. The lowest BCUT2D eigenvalue weighted by Crippen LogP contribution is -2.46. The van der Waals surface area contributed by atoms with Gasteiger partial charge in [0.25, 0.3) is 0 Å². The van der Waals surface area contributed by atoms with E-state index in [1.807, 2.05) is 17.9 Å². The summed E-state index contributed by atoms with van der Waals surface area (Å²) in [6.45, 7) is 2.67. The van der Waals surface area contributed by atoms with Crippen LogP contribution in [0.4, 0.5) is 0 Å². The van der Waals surface area contributed by atoms with Crippen molar-refractivity contribution in [3.05, 3.63) is 35.9 Å². The predicted octanol–water partition coefficient (Wildman–Crippen LogP) is 3.28. The number of likely N-dealkylation sites (N-methyl/N-ethyl adjacent to an activating group) is 1. The Morgan fingerprint density at radius 3 is 2.48 bits per heavy atom. The van der Waals surface area contributed by atoms with Gasteiger partial charge in [0.15, 0.2) is 0 Å². The number of fused-ring (bicyclic) bond motifs is 2. The first-order valence-electron chi connectivity index (χ1n) is 8.68. The van der Waals surface area contributed by atoms with Gasteiger partial charge in [-0.2, -0.15) is 0 Å². The van der Waals surface area contributed by atoms with Crippen molar-refractivity contribution in [3.63, 3.8) is 0 Å². The predicted molar refractivity (Wildman–Crippen MR) is 88.1 cm³/mol. The molecule has 0 aliphatic heterocycles. The van der Waals surface area contributed by atoms with Crippen LogP contribution in [0.2, 0.25) is 0 Å². The second-order valence-corrected chi connectivity index (χ2v) is 6.83. The van der Waals surface area contributed by atoms with Crippen LogP contribution in [0.5, 0.6) is 0 Å². The summed E-state index contributed by atoms with van der Waals surface area (Å²) in [5.74, 6) is 0.728. The second kappa shape index (κ2) is 6.73. The fourth-order valence-electron chi connectivity index (χ4n) is 4.77. The highest BCUT2D eigenvalue weighted by Crippen LogP contribution is 2.54. The van der Waals surface area contributed by atoms with Crippen LogP contribution in [-0.2, 0) is 9.59 Å². The summed E-state index contributed by atoms with van der Waals surface area (Å²) in [5, 5.41) is 8.85. The normalized spacial score (nSPS) is 28.7. The molecule has 1 N–H and O–H groups in total. The minimum absolute atomic E-state index is 0.00613. The molecule has 4 heteroatoms. The highest BCUT2D eigenvalue weighted by molar-refractivity contribution is 5.81. The van der Waals surface area contributed by atoms with Gasteiger partial charge in [0.1, 0.15) is 0 Å². The van der Waals surface area contributed by atoms with Crippen LogP contribution in [0.3, 0.4) is 0 Å². The number of rotatable bonds is 6. The van der Waals surface area contributed by atoms with Gasteiger partial charge >= 0.3 is 5.97 Å². The molecule has 4 nitrogen and oxygen atoms in total. The molecule has 2 saturated carbocycles. The minimum atomic E-state index is -0.901. The number of hydrogen-bond donors (Lipinski definition) is 1. The van der Waals surface area contributed by atoms with E-state index in [0.717, 1.165) is 0 Å². The fourth-order valence-corrected chi connectivity index (χ4v) is 4.77. The van der Waals surface area contributed by atoms with E-state index in [1.54, 1.807) is 0 Å². The third kappa shape index (κ3) is 3.12. The van der Waals surface area contributed by atoms with E-state index in [0.29, 0.717) is 24.3 Å². The Kier molecular flexibility index (Phi) is 4.69. The number of carbonyl (C=O) groups excluding carboxylic acids is 1. The van der Waals surface area contributed by atoms with Gasteiger partial charge in [0.05, 0.1) is 6.42 Å². The highest BCUT2D eigenvalue weighted by Gasteiger charge is 2.50. The lowest BCUT2D eigenvalue weighted by Gasteiger charge is -2.39. The molecule has 124 valence electrons. The number of aliphatic carboxylic acids is 1. The van der Waals surface area contributed by atoms with Gasteiger partial charge in [-0.3, -0.25) is 9.59 Å². The van der Waals surface area contributed by atoms with E-state index in [2.05, 4.69) is 24.3 Å². The molecule has 1 aromatic rings. The molecule has 2 aliphatic carbocycles.